The molecule has 0 aliphatic carbocycles. The number of pyridine rings is 1. The predicted octanol–water partition coefficient (Wildman–Crippen LogP) is 2.27. The van der Waals surface area contributed by atoms with Gasteiger partial charge in [-0.25, -0.2) is 4.98 Å². The van der Waals surface area contributed by atoms with Crippen LogP contribution in [0.25, 0.3) is 22.5 Å². The molecule has 1 unspecified atom stereocenters. The van der Waals surface area contributed by atoms with Gasteiger partial charge >= 0.3 is 0 Å². The van der Waals surface area contributed by atoms with Crippen molar-refractivity contribution in [2.24, 2.45) is 0 Å². The number of amides is 1. The summed E-state index contributed by atoms with van der Waals surface area (Å²) in [5, 5.41) is 19.9. The number of rotatable bonds is 5. The van der Waals surface area contributed by atoms with Gasteiger partial charge in [-0.15, -0.1) is 0 Å². The minimum Gasteiger partial charge on any atom is -0.423 e. The molecule has 11 nitrogen and oxygen atoms in total. The van der Waals surface area contributed by atoms with Crippen molar-refractivity contribution in [1.82, 2.24) is 20.2 Å². The number of nitrogens with zero attached hydrogens (tertiary/aromatic N) is 5. The second-order valence-electron chi connectivity index (χ2n) is 8.65. The Morgan fingerprint density at radius 2 is 2.00 bits per heavy atom. The molecule has 3 N–H and O–H groups in total. The van der Waals surface area contributed by atoms with Gasteiger partial charge in [0.25, 0.3) is 11.9 Å². The lowest BCUT2D eigenvalue weighted by Gasteiger charge is -2.24. The molecule has 3 aromatic heterocycles. The third-order valence-electron chi connectivity index (χ3n) is 6.29. The summed E-state index contributed by atoms with van der Waals surface area (Å²) in [5.74, 6) is -0.348. The van der Waals surface area contributed by atoms with Crippen LogP contribution < -0.4 is 15.1 Å². The number of fused-ring (bicyclic) bond motifs is 1. The Bertz CT molecular complexity index is 1350. The minimum absolute atomic E-state index is 0.274. The van der Waals surface area contributed by atoms with Crippen LogP contribution in [0.15, 0.2) is 47.0 Å². The highest BCUT2D eigenvalue weighted by atomic mass is 16.5. The molecule has 2 saturated heterocycles. The van der Waals surface area contributed by atoms with E-state index in [1.54, 1.807) is 30.5 Å². The third-order valence-corrected chi connectivity index (χ3v) is 6.29. The van der Waals surface area contributed by atoms with Crippen LogP contribution in [-0.2, 0) is 4.74 Å². The molecule has 0 radical (unpaired) electrons. The number of aliphatic hydroxyl groups excluding tert-OH is 1. The topological polar surface area (TPSA) is 133 Å². The van der Waals surface area contributed by atoms with Gasteiger partial charge in [-0.05, 0) is 30.7 Å². The summed E-state index contributed by atoms with van der Waals surface area (Å²) in [4.78, 5) is 26.5. The number of ether oxygens (including phenoxy) is 1. The van der Waals surface area contributed by atoms with Crippen molar-refractivity contribution in [3.05, 3.63) is 48.3 Å². The Hall–Kier alpha value is -3.96. The molecule has 4 aromatic rings. The number of morpholine rings is 1. The van der Waals surface area contributed by atoms with Crippen LogP contribution in [0.2, 0.25) is 0 Å². The SMILES string of the molecule is O=C(Nc1cc2oc(N3CCOCC3)nc2cc1N1CCC(O)C1)c1cccc(-c2ccn[nH]2)n1. The number of hydrogen-bond donors (Lipinski definition) is 3. The Labute approximate surface area is 200 Å². The molecule has 1 amide bonds. The Kier molecular flexibility index (Phi) is 5.55. The normalized spacial score (nSPS) is 18.4. The van der Waals surface area contributed by atoms with Crippen molar-refractivity contribution < 1.29 is 19.1 Å². The Morgan fingerprint density at radius 3 is 2.77 bits per heavy atom. The number of hydrogen-bond acceptors (Lipinski definition) is 9. The summed E-state index contributed by atoms with van der Waals surface area (Å²) in [7, 11) is 0. The summed E-state index contributed by atoms with van der Waals surface area (Å²) in [6.07, 6.45) is 1.89. The number of aromatic amines is 1. The summed E-state index contributed by atoms with van der Waals surface area (Å²) in [6, 6.07) is 11.3. The Balaban J connectivity index is 1.34. The molecule has 1 aromatic carbocycles. The lowest BCUT2D eigenvalue weighted by atomic mass is 10.2. The van der Waals surface area contributed by atoms with Gasteiger partial charge in [-0.1, -0.05) is 6.07 Å². The first-order valence-electron chi connectivity index (χ1n) is 11.6. The van der Waals surface area contributed by atoms with Gasteiger partial charge in [0.15, 0.2) is 5.58 Å². The second kappa shape index (κ2) is 9.01. The Morgan fingerprint density at radius 1 is 1.11 bits per heavy atom. The highest BCUT2D eigenvalue weighted by Gasteiger charge is 2.26. The smallest absolute Gasteiger partial charge is 0.298 e. The largest absolute Gasteiger partial charge is 0.423 e. The maximum Gasteiger partial charge on any atom is 0.298 e. The molecule has 11 heteroatoms. The van der Waals surface area contributed by atoms with Crippen molar-refractivity contribution >= 4 is 34.4 Å². The van der Waals surface area contributed by atoms with Gasteiger partial charge in [-0.3, -0.25) is 9.89 Å². The quantitative estimate of drug-likeness (QED) is 0.398. The summed E-state index contributed by atoms with van der Waals surface area (Å²) < 4.78 is 11.5. The number of carbonyl (C=O) groups excluding carboxylic acids is 1. The van der Waals surface area contributed by atoms with E-state index in [9.17, 15) is 9.90 Å². The van der Waals surface area contributed by atoms with Gasteiger partial charge in [0, 0.05) is 38.4 Å². The van der Waals surface area contributed by atoms with Crippen LogP contribution in [0.5, 0.6) is 0 Å². The highest BCUT2D eigenvalue weighted by molar-refractivity contribution is 6.06. The van der Waals surface area contributed by atoms with E-state index in [1.807, 2.05) is 17.0 Å². The van der Waals surface area contributed by atoms with E-state index in [2.05, 4.69) is 30.4 Å². The third kappa shape index (κ3) is 4.31. The number of β-amino-alcohol motifs (C(OH)–C–C–N with tert-alkyl or cyclic N) is 1. The molecule has 180 valence electrons. The first-order valence-corrected chi connectivity index (χ1v) is 11.6. The second-order valence-corrected chi connectivity index (χ2v) is 8.65. The molecular weight excluding hydrogens is 450 g/mol. The zero-order valence-corrected chi connectivity index (χ0v) is 19.0. The number of carbonyl (C=O) groups is 1. The van der Waals surface area contributed by atoms with E-state index in [1.165, 1.54) is 0 Å². The lowest BCUT2D eigenvalue weighted by molar-refractivity contribution is 0.102. The zero-order chi connectivity index (χ0) is 23.8. The van der Waals surface area contributed by atoms with E-state index >= 15 is 0 Å². The van der Waals surface area contributed by atoms with Gasteiger partial charge < -0.3 is 29.4 Å². The molecule has 0 saturated carbocycles. The van der Waals surface area contributed by atoms with Crippen molar-refractivity contribution in [3.8, 4) is 11.4 Å². The van der Waals surface area contributed by atoms with Gasteiger partial charge in [-0.2, -0.15) is 10.1 Å². The average Bonchev–Trinajstić information content (AvgIpc) is 3.65. The number of aliphatic hydroxyl groups is 1. The molecule has 2 aliphatic heterocycles. The van der Waals surface area contributed by atoms with Gasteiger partial charge in [0.2, 0.25) is 0 Å². The van der Waals surface area contributed by atoms with Crippen LogP contribution in [0.1, 0.15) is 16.9 Å². The zero-order valence-electron chi connectivity index (χ0n) is 19.0. The molecule has 6 rings (SSSR count). The number of H-pyrrole nitrogens is 1. The van der Waals surface area contributed by atoms with Crippen molar-refractivity contribution in [2.45, 2.75) is 12.5 Å². The van der Waals surface area contributed by atoms with Crippen molar-refractivity contribution in [3.63, 3.8) is 0 Å². The van der Waals surface area contributed by atoms with Crippen LogP contribution >= 0.6 is 0 Å². The number of aromatic nitrogens is 4. The summed E-state index contributed by atoms with van der Waals surface area (Å²) in [6.45, 7) is 3.83. The maximum atomic E-state index is 13.2. The molecule has 5 heterocycles. The number of benzene rings is 1. The molecule has 2 aliphatic rings. The fourth-order valence-electron chi connectivity index (χ4n) is 4.46. The fraction of sp³-hybridized carbons (Fsp3) is 0.333. The summed E-state index contributed by atoms with van der Waals surface area (Å²) in [5.41, 5.74) is 4.26. The highest BCUT2D eigenvalue weighted by Crippen LogP contribution is 2.35. The number of nitrogens with one attached hydrogen (secondary N) is 2. The first kappa shape index (κ1) is 21.6. The minimum atomic E-state index is -0.414. The van der Waals surface area contributed by atoms with Crippen molar-refractivity contribution in [1.29, 1.82) is 0 Å². The van der Waals surface area contributed by atoms with E-state index in [0.717, 1.165) is 11.4 Å². The first-order chi connectivity index (χ1) is 17.1. The lowest BCUT2D eigenvalue weighted by Crippen LogP contribution is -2.36. The van der Waals surface area contributed by atoms with Crippen LogP contribution in [0.4, 0.5) is 17.4 Å². The molecule has 2 fully saturated rings. The molecule has 0 spiro atoms. The maximum absolute atomic E-state index is 13.2. The van der Waals surface area contributed by atoms with E-state index in [-0.39, 0.29) is 11.6 Å². The van der Waals surface area contributed by atoms with Crippen LogP contribution in [0.3, 0.4) is 0 Å². The number of oxazole rings is 1. The van der Waals surface area contributed by atoms with Gasteiger partial charge in [0.1, 0.15) is 11.2 Å². The van der Waals surface area contributed by atoms with E-state index in [0.29, 0.717) is 74.3 Å². The van der Waals surface area contributed by atoms with E-state index < -0.39 is 6.10 Å². The van der Waals surface area contributed by atoms with Crippen molar-refractivity contribution in [2.75, 3.05) is 54.5 Å². The van der Waals surface area contributed by atoms with Crippen LogP contribution in [-0.4, -0.2) is 76.7 Å². The average molecular weight is 476 g/mol. The van der Waals surface area contributed by atoms with E-state index in [4.69, 9.17) is 9.15 Å². The molecular formula is C24H25N7O4. The fourth-order valence-corrected chi connectivity index (χ4v) is 4.46. The molecule has 1 atom stereocenters. The molecule has 0 bridgehead atoms. The van der Waals surface area contributed by atoms with Gasteiger partial charge in [0.05, 0.1) is 42.1 Å². The van der Waals surface area contributed by atoms with Crippen LogP contribution in [0, 0.1) is 0 Å². The number of anilines is 3. The summed E-state index contributed by atoms with van der Waals surface area (Å²) >= 11 is 0. The predicted molar refractivity (Wildman–Crippen MR) is 130 cm³/mol. The standard InChI is InChI=1S/C24H25N7O4/c32-15-5-7-31(14-15)21-12-20-22(35-24(28-20)30-8-10-34-11-9-30)13-19(21)27-23(33)18-3-1-2-16(26-18)17-4-6-25-29-17/h1-4,6,12-13,15,32H,5,7-11,14H2,(H,25,29)(H,27,33). The monoisotopic (exact) mass is 475 g/mol. The molecule has 35 heavy (non-hydrogen) atoms.